The molecule has 3 fully saturated rings. The molecule has 3 aliphatic rings. The van der Waals surface area contributed by atoms with Crippen molar-refractivity contribution < 1.29 is 9.53 Å². The van der Waals surface area contributed by atoms with Crippen LogP contribution in [0.5, 0.6) is 0 Å². The van der Waals surface area contributed by atoms with Crippen LogP contribution in [-0.2, 0) is 9.53 Å². The third-order valence-corrected chi connectivity index (χ3v) is 4.78. The lowest BCUT2D eigenvalue weighted by atomic mass is 10.1. The van der Waals surface area contributed by atoms with E-state index in [-0.39, 0.29) is 5.25 Å². The Bertz CT molecular complexity index is 257. The van der Waals surface area contributed by atoms with Gasteiger partial charge in [-0.05, 0) is 31.4 Å². The first-order valence-corrected chi connectivity index (χ1v) is 6.92. The zero-order valence-corrected chi connectivity index (χ0v) is 9.67. The number of rotatable bonds is 3. The summed E-state index contributed by atoms with van der Waals surface area (Å²) in [5, 5.41) is 0.256. The van der Waals surface area contributed by atoms with Crippen molar-refractivity contribution in [2.45, 2.75) is 43.0 Å². The van der Waals surface area contributed by atoms with Gasteiger partial charge in [-0.2, -0.15) is 0 Å². The molecule has 1 aliphatic carbocycles. The van der Waals surface area contributed by atoms with Crippen molar-refractivity contribution in [1.82, 2.24) is 4.90 Å². The molecular formula is C11H17NO2S. The van der Waals surface area contributed by atoms with Gasteiger partial charge in [0, 0.05) is 6.04 Å². The monoisotopic (exact) mass is 227 g/mol. The Morgan fingerprint density at radius 1 is 1.20 bits per heavy atom. The van der Waals surface area contributed by atoms with Gasteiger partial charge >= 0.3 is 0 Å². The molecular weight excluding hydrogens is 210 g/mol. The van der Waals surface area contributed by atoms with Gasteiger partial charge in [-0.25, -0.2) is 0 Å². The second kappa shape index (κ2) is 3.98. The zero-order chi connectivity index (χ0) is 10.3. The SMILES string of the molecule is O=C(C1CCCS1)N(C1CC1)C1COC1. The van der Waals surface area contributed by atoms with E-state index in [9.17, 15) is 4.79 Å². The predicted molar refractivity (Wildman–Crippen MR) is 60.0 cm³/mol. The smallest absolute Gasteiger partial charge is 0.236 e. The Morgan fingerprint density at radius 3 is 2.47 bits per heavy atom. The number of carbonyl (C=O) groups is 1. The van der Waals surface area contributed by atoms with E-state index in [0.29, 0.717) is 18.0 Å². The molecule has 0 bridgehead atoms. The fourth-order valence-electron chi connectivity index (χ4n) is 2.33. The molecule has 0 N–H and O–H groups in total. The van der Waals surface area contributed by atoms with Gasteiger partial charge in [0.2, 0.25) is 5.91 Å². The van der Waals surface area contributed by atoms with E-state index in [1.165, 1.54) is 19.3 Å². The second-order valence-corrected chi connectivity index (χ2v) is 5.98. The molecule has 4 heteroatoms. The molecule has 2 heterocycles. The largest absolute Gasteiger partial charge is 0.377 e. The molecule has 3 rings (SSSR count). The van der Waals surface area contributed by atoms with E-state index in [0.717, 1.165) is 25.4 Å². The number of nitrogens with zero attached hydrogens (tertiary/aromatic N) is 1. The maximum Gasteiger partial charge on any atom is 0.236 e. The Kier molecular flexibility index (Phi) is 2.64. The lowest BCUT2D eigenvalue weighted by molar-refractivity contribution is -0.145. The molecule has 0 aromatic heterocycles. The fraction of sp³-hybridized carbons (Fsp3) is 0.909. The van der Waals surface area contributed by atoms with Crippen LogP contribution in [0.1, 0.15) is 25.7 Å². The number of hydrogen-bond acceptors (Lipinski definition) is 3. The van der Waals surface area contributed by atoms with Gasteiger partial charge < -0.3 is 9.64 Å². The van der Waals surface area contributed by atoms with Gasteiger partial charge in [0.05, 0.1) is 24.5 Å². The topological polar surface area (TPSA) is 29.5 Å². The second-order valence-electron chi connectivity index (χ2n) is 4.67. The minimum atomic E-state index is 0.256. The summed E-state index contributed by atoms with van der Waals surface area (Å²) in [5.74, 6) is 1.56. The van der Waals surface area contributed by atoms with Gasteiger partial charge in [0.25, 0.3) is 0 Å². The normalized spacial score (nSPS) is 31.3. The van der Waals surface area contributed by atoms with Crippen molar-refractivity contribution in [3.8, 4) is 0 Å². The number of hydrogen-bond donors (Lipinski definition) is 0. The summed E-state index contributed by atoms with van der Waals surface area (Å²) in [4.78, 5) is 14.5. The number of thioether (sulfide) groups is 1. The van der Waals surface area contributed by atoms with E-state index in [2.05, 4.69) is 4.90 Å². The van der Waals surface area contributed by atoms with Crippen molar-refractivity contribution in [3.05, 3.63) is 0 Å². The van der Waals surface area contributed by atoms with Crippen LogP contribution in [0.4, 0.5) is 0 Å². The van der Waals surface area contributed by atoms with Crippen LogP contribution in [0.25, 0.3) is 0 Å². The molecule has 1 amide bonds. The van der Waals surface area contributed by atoms with E-state index in [4.69, 9.17) is 4.74 Å². The maximum absolute atomic E-state index is 12.3. The molecule has 2 aliphatic heterocycles. The van der Waals surface area contributed by atoms with Gasteiger partial charge in [0.1, 0.15) is 0 Å². The molecule has 0 spiro atoms. The zero-order valence-electron chi connectivity index (χ0n) is 8.85. The standard InChI is InChI=1S/C11H17NO2S/c13-11(10-2-1-5-15-10)12(8-3-4-8)9-6-14-7-9/h8-10H,1-7H2. The molecule has 2 saturated heterocycles. The van der Waals surface area contributed by atoms with Gasteiger partial charge in [-0.1, -0.05) is 0 Å². The predicted octanol–water partition coefficient (Wildman–Crippen LogP) is 1.27. The van der Waals surface area contributed by atoms with Crippen LogP contribution in [-0.4, -0.2) is 47.1 Å². The summed E-state index contributed by atoms with van der Waals surface area (Å²) < 4.78 is 5.21. The van der Waals surface area contributed by atoms with Gasteiger partial charge in [0.15, 0.2) is 0 Å². The highest BCUT2D eigenvalue weighted by molar-refractivity contribution is 8.00. The van der Waals surface area contributed by atoms with Gasteiger partial charge in [-0.3, -0.25) is 4.79 Å². The quantitative estimate of drug-likeness (QED) is 0.727. The lowest BCUT2D eigenvalue weighted by Crippen LogP contribution is -2.54. The number of amides is 1. The van der Waals surface area contributed by atoms with Crippen LogP contribution < -0.4 is 0 Å². The average molecular weight is 227 g/mol. The van der Waals surface area contributed by atoms with Crippen molar-refractivity contribution in [2.24, 2.45) is 0 Å². The summed E-state index contributed by atoms with van der Waals surface area (Å²) in [7, 11) is 0. The van der Waals surface area contributed by atoms with Crippen molar-refractivity contribution in [1.29, 1.82) is 0 Å². The van der Waals surface area contributed by atoms with Crippen molar-refractivity contribution >= 4 is 17.7 Å². The highest BCUT2D eigenvalue weighted by atomic mass is 32.2. The Balaban J connectivity index is 1.67. The molecule has 0 aromatic carbocycles. The molecule has 0 radical (unpaired) electrons. The third-order valence-electron chi connectivity index (χ3n) is 3.41. The van der Waals surface area contributed by atoms with Crippen molar-refractivity contribution in [2.75, 3.05) is 19.0 Å². The summed E-state index contributed by atoms with van der Waals surface area (Å²) >= 11 is 1.84. The first-order valence-electron chi connectivity index (χ1n) is 5.88. The summed E-state index contributed by atoms with van der Waals surface area (Å²) in [6.07, 6.45) is 4.71. The third kappa shape index (κ3) is 1.89. The van der Waals surface area contributed by atoms with Gasteiger partial charge in [-0.15, -0.1) is 11.8 Å². The Morgan fingerprint density at radius 2 is 2.00 bits per heavy atom. The molecule has 1 unspecified atom stereocenters. The van der Waals surface area contributed by atoms with E-state index < -0.39 is 0 Å². The molecule has 0 aromatic rings. The lowest BCUT2D eigenvalue weighted by Gasteiger charge is -2.38. The van der Waals surface area contributed by atoms with Crippen LogP contribution in [0, 0.1) is 0 Å². The van der Waals surface area contributed by atoms with E-state index in [1.54, 1.807) is 0 Å². The molecule has 1 saturated carbocycles. The Labute approximate surface area is 94.5 Å². The first kappa shape index (κ1) is 9.97. The molecule has 84 valence electrons. The van der Waals surface area contributed by atoms with Crippen LogP contribution >= 0.6 is 11.8 Å². The maximum atomic E-state index is 12.3. The highest BCUT2D eigenvalue weighted by Gasteiger charge is 2.43. The number of ether oxygens (including phenoxy) is 1. The Hall–Kier alpha value is -0.220. The highest BCUT2D eigenvalue weighted by Crippen LogP contribution is 2.35. The minimum Gasteiger partial charge on any atom is -0.377 e. The van der Waals surface area contributed by atoms with Crippen LogP contribution in [0.2, 0.25) is 0 Å². The van der Waals surface area contributed by atoms with Crippen molar-refractivity contribution in [3.63, 3.8) is 0 Å². The minimum absolute atomic E-state index is 0.256. The molecule has 3 nitrogen and oxygen atoms in total. The van der Waals surface area contributed by atoms with Crippen LogP contribution in [0.15, 0.2) is 0 Å². The van der Waals surface area contributed by atoms with Crippen LogP contribution in [0.3, 0.4) is 0 Å². The van der Waals surface area contributed by atoms with E-state index in [1.807, 2.05) is 11.8 Å². The summed E-state index contributed by atoms with van der Waals surface area (Å²) in [6, 6.07) is 0.943. The average Bonchev–Trinajstić information content (AvgIpc) is 2.84. The number of carbonyl (C=O) groups excluding carboxylic acids is 1. The first-order chi connectivity index (χ1) is 7.36. The summed E-state index contributed by atoms with van der Waals surface area (Å²) in [5.41, 5.74) is 0. The summed E-state index contributed by atoms with van der Waals surface area (Å²) in [6.45, 7) is 1.53. The molecule has 15 heavy (non-hydrogen) atoms. The van der Waals surface area contributed by atoms with E-state index >= 15 is 0 Å². The molecule has 1 atom stereocenters. The fourth-order valence-corrected chi connectivity index (χ4v) is 3.55.